The number of methoxy groups -OCH3 is 3. The van der Waals surface area contributed by atoms with Crippen molar-refractivity contribution in [2.24, 2.45) is 0 Å². The van der Waals surface area contributed by atoms with Gasteiger partial charge in [-0.1, -0.05) is 18.2 Å². The third-order valence-corrected chi connectivity index (χ3v) is 7.19. The molecule has 5 rings (SSSR count). The Hall–Kier alpha value is -4.24. The van der Waals surface area contributed by atoms with Gasteiger partial charge in [0.2, 0.25) is 11.2 Å². The van der Waals surface area contributed by atoms with E-state index in [9.17, 15) is 14.7 Å². The van der Waals surface area contributed by atoms with E-state index < -0.39 is 23.1 Å². The van der Waals surface area contributed by atoms with Crippen LogP contribution in [0.5, 0.6) is 23.0 Å². The van der Waals surface area contributed by atoms with Crippen molar-refractivity contribution in [3.63, 3.8) is 0 Å². The number of hydrogen-bond acceptors (Lipinski definition) is 9. The van der Waals surface area contributed by atoms with Crippen molar-refractivity contribution in [2.75, 3.05) is 34.5 Å². The van der Waals surface area contributed by atoms with Crippen molar-refractivity contribution in [1.29, 1.82) is 0 Å². The largest absolute Gasteiger partial charge is 0.502 e. The summed E-state index contributed by atoms with van der Waals surface area (Å²) in [6.07, 6.45) is 2.58. The molecule has 2 aliphatic heterocycles. The molecule has 1 N–H and O–H groups in total. The fourth-order valence-electron chi connectivity index (χ4n) is 5.14. The van der Waals surface area contributed by atoms with Gasteiger partial charge in [0.15, 0.2) is 17.3 Å². The zero-order valence-electron chi connectivity index (χ0n) is 22.2. The molecule has 0 aliphatic carbocycles. The summed E-state index contributed by atoms with van der Waals surface area (Å²) in [4.78, 5) is 27.4. The maximum atomic E-state index is 12.9. The topological polar surface area (TPSA) is 108 Å². The molecule has 2 aromatic carbocycles. The maximum Gasteiger partial charge on any atom is 0.306 e. The Morgan fingerprint density at radius 3 is 2.56 bits per heavy atom. The number of carbonyl (C=O) groups excluding carboxylic acids is 1. The molecule has 0 spiro atoms. The highest BCUT2D eigenvalue weighted by molar-refractivity contribution is 5.73. The first-order valence-electron chi connectivity index (χ1n) is 12.7. The van der Waals surface area contributed by atoms with Crippen LogP contribution in [0.3, 0.4) is 0 Å². The smallest absolute Gasteiger partial charge is 0.306 e. The molecule has 0 fully saturated rings. The van der Waals surface area contributed by atoms with E-state index in [0.29, 0.717) is 35.9 Å². The minimum Gasteiger partial charge on any atom is -0.502 e. The van der Waals surface area contributed by atoms with Gasteiger partial charge < -0.3 is 28.5 Å². The first-order chi connectivity index (χ1) is 18.9. The van der Waals surface area contributed by atoms with Crippen LogP contribution in [-0.4, -0.2) is 50.5 Å². The summed E-state index contributed by atoms with van der Waals surface area (Å²) in [5.74, 6) is 0.739. The highest BCUT2D eigenvalue weighted by Gasteiger charge is 2.31. The third kappa shape index (κ3) is 5.49. The second-order valence-electron chi connectivity index (χ2n) is 9.60. The van der Waals surface area contributed by atoms with Crippen molar-refractivity contribution in [1.82, 2.24) is 4.90 Å². The van der Waals surface area contributed by atoms with Crippen molar-refractivity contribution in [3.05, 3.63) is 86.5 Å². The number of nitrogens with zero attached hydrogens (tertiary/aromatic N) is 1. The molecule has 2 aliphatic rings. The number of carbonyl (C=O) groups is 1. The molecule has 0 unspecified atom stereocenters. The minimum atomic E-state index is -0.739. The molecule has 1 atom stereocenters. The molecule has 1 aromatic heterocycles. The van der Waals surface area contributed by atoms with E-state index in [2.05, 4.69) is 4.90 Å². The second-order valence-corrected chi connectivity index (χ2v) is 9.60. The first-order valence-corrected chi connectivity index (χ1v) is 12.7. The van der Waals surface area contributed by atoms with Crippen LogP contribution in [0.25, 0.3) is 6.08 Å². The molecule has 204 valence electrons. The zero-order valence-corrected chi connectivity index (χ0v) is 22.2. The number of para-hydroxylation sites is 1. The van der Waals surface area contributed by atoms with Crippen molar-refractivity contribution < 1.29 is 33.3 Å². The van der Waals surface area contributed by atoms with Gasteiger partial charge in [-0.2, -0.15) is 0 Å². The van der Waals surface area contributed by atoms with E-state index >= 15 is 0 Å². The fraction of sp³-hybridized carbons (Fsp3) is 0.333. The lowest BCUT2D eigenvalue weighted by molar-refractivity contribution is -0.141. The standard InChI is InChI=1S/C30H31NO8/c1-35-26-11-18-8-9-31(15-20(18)12-27(26)36-2)16-22-13-24(32)29(34)30(39-22)23(14-28(33)37-3)21-10-19-6-4-5-7-25(19)38-17-21/h4-7,10-13,23,34H,8-9,14-17H2,1-3H3/t23-/m1/s1. The van der Waals surface area contributed by atoms with Gasteiger partial charge in [-0.3, -0.25) is 14.5 Å². The average molecular weight is 534 g/mol. The molecule has 3 heterocycles. The van der Waals surface area contributed by atoms with Crippen molar-refractivity contribution in [3.8, 4) is 23.0 Å². The number of fused-ring (bicyclic) bond motifs is 2. The van der Waals surface area contributed by atoms with Crippen LogP contribution in [-0.2, 0) is 29.0 Å². The number of benzene rings is 2. The molecule has 9 heteroatoms. The van der Waals surface area contributed by atoms with E-state index in [1.165, 1.54) is 18.7 Å². The zero-order chi connectivity index (χ0) is 27.5. The molecule has 0 radical (unpaired) electrons. The fourth-order valence-corrected chi connectivity index (χ4v) is 5.14. The lowest BCUT2D eigenvalue weighted by Gasteiger charge is -2.29. The third-order valence-electron chi connectivity index (χ3n) is 7.19. The van der Waals surface area contributed by atoms with E-state index in [1.807, 2.05) is 42.5 Å². The Bertz CT molecular complexity index is 1470. The monoisotopic (exact) mass is 533 g/mol. The highest BCUT2D eigenvalue weighted by atomic mass is 16.5. The van der Waals surface area contributed by atoms with Gasteiger partial charge in [0, 0.05) is 24.7 Å². The first kappa shape index (κ1) is 26.4. The van der Waals surface area contributed by atoms with Crippen LogP contribution < -0.4 is 19.6 Å². The molecule has 0 saturated heterocycles. The van der Waals surface area contributed by atoms with Gasteiger partial charge in [0.25, 0.3) is 0 Å². The molecule has 3 aromatic rings. The molecule has 0 bridgehead atoms. The summed E-state index contributed by atoms with van der Waals surface area (Å²) in [5, 5.41) is 10.8. The predicted octanol–water partition coefficient (Wildman–Crippen LogP) is 4.04. The normalized spacial score (nSPS) is 15.3. The summed E-state index contributed by atoms with van der Waals surface area (Å²) in [6, 6.07) is 12.8. The van der Waals surface area contributed by atoms with Gasteiger partial charge in [-0.15, -0.1) is 0 Å². The van der Waals surface area contributed by atoms with E-state index in [4.69, 9.17) is 23.4 Å². The second kappa shape index (κ2) is 11.2. The lowest BCUT2D eigenvalue weighted by atomic mass is 9.89. The van der Waals surface area contributed by atoms with Gasteiger partial charge in [0.05, 0.1) is 40.2 Å². The van der Waals surface area contributed by atoms with Crippen molar-refractivity contribution in [2.45, 2.75) is 31.8 Å². The number of rotatable bonds is 8. The Morgan fingerprint density at radius 2 is 1.82 bits per heavy atom. The molecule has 0 saturated carbocycles. The molecule has 9 nitrogen and oxygen atoms in total. The van der Waals surface area contributed by atoms with Crippen molar-refractivity contribution >= 4 is 12.0 Å². The van der Waals surface area contributed by atoms with E-state index in [-0.39, 0.29) is 18.8 Å². The lowest BCUT2D eigenvalue weighted by Crippen LogP contribution is -2.30. The summed E-state index contributed by atoms with van der Waals surface area (Å²) in [7, 11) is 4.52. The Kier molecular flexibility index (Phi) is 7.60. The quantitative estimate of drug-likeness (QED) is 0.429. The summed E-state index contributed by atoms with van der Waals surface area (Å²) in [5.41, 5.74) is 3.25. The SMILES string of the molecule is COC(=O)C[C@H](C1=Cc2ccccc2OC1)c1oc(CN2CCc3cc(OC)c(OC)cc3C2)cc(=O)c1O. The van der Waals surface area contributed by atoms with Gasteiger partial charge in [-0.25, -0.2) is 0 Å². The molecular weight excluding hydrogens is 502 g/mol. The predicted molar refractivity (Wildman–Crippen MR) is 143 cm³/mol. The molecular formula is C30H31NO8. The summed E-state index contributed by atoms with van der Waals surface area (Å²) in [6.45, 7) is 1.89. The van der Waals surface area contributed by atoms with Gasteiger partial charge in [-0.05, 0) is 47.4 Å². The van der Waals surface area contributed by atoms with Crippen LogP contribution in [0, 0.1) is 0 Å². The van der Waals surface area contributed by atoms with Gasteiger partial charge in [0.1, 0.15) is 18.1 Å². The minimum absolute atomic E-state index is 0.0287. The van der Waals surface area contributed by atoms with Crippen LogP contribution in [0.2, 0.25) is 0 Å². The number of esters is 1. The summed E-state index contributed by atoms with van der Waals surface area (Å²) >= 11 is 0. The maximum absolute atomic E-state index is 12.9. The Morgan fingerprint density at radius 1 is 1.08 bits per heavy atom. The summed E-state index contributed by atoms with van der Waals surface area (Å²) < 4.78 is 27.9. The average Bonchev–Trinajstić information content (AvgIpc) is 2.96. The van der Waals surface area contributed by atoms with Gasteiger partial charge >= 0.3 is 5.97 Å². The van der Waals surface area contributed by atoms with Crippen LogP contribution in [0.1, 0.15) is 40.5 Å². The number of hydrogen-bond donors (Lipinski definition) is 1. The number of ether oxygens (including phenoxy) is 4. The Labute approximate surface area is 226 Å². The van der Waals surface area contributed by atoms with E-state index in [0.717, 1.165) is 29.8 Å². The highest BCUT2D eigenvalue weighted by Crippen LogP contribution is 2.39. The molecule has 39 heavy (non-hydrogen) atoms. The number of aromatic hydroxyl groups is 1. The van der Waals surface area contributed by atoms with E-state index in [1.54, 1.807) is 14.2 Å². The van der Waals surface area contributed by atoms with Crippen LogP contribution in [0.15, 0.2) is 57.2 Å². The molecule has 0 amide bonds. The Balaban J connectivity index is 1.45. The van der Waals surface area contributed by atoms with Crippen LogP contribution >= 0.6 is 0 Å². The van der Waals surface area contributed by atoms with Crippen LogP contribution in [0.4, 0.5) is 0 Å².